The third-order valence-corrected chi connectivity index (χ3v) is 12.7. The zero-order valence-electron chi connectivity index (χ0n) is 37.5. The van der Waals surface area contributed by atoms with E-state index in [2.05, 4.69) is 50.1 Å². The highest BCUT2D eigenvalue weighted by molar-refractivity contribution is 5.68. The number of nitrogens with zero attached hydrogens (tertiary/aromatic N) is 16. The largest absolute Gasteiger partial charge is 0.445 e. The fraction of sp³-hybridized carbons (Fsp3) is 0.683. The van der Waals surface area contributed by atoms with Crippen molar-refractivity contribution >= 4 is 6.09 Å². The van der Waals surface area contributed by atoms with Crippen molar-refractivity contribution in [2.75, 3.05) is 13.2 Å². The first-order valence-electron chi connectivity index (χ1n) is 22.3. The summed E-state index contributed by atoms with van der Waals surface area (Å²) in [6.45, 7) is 2.45. The van der Waals surface area contributed by atoms with E-state index in [0.717, 1.165) is 11.1 Å². The third kappa shape index (κ3) is 12.7. The molecule has 28 heteroatoms. The van der Waals surface area contributed by atoms with Crippen LogP contribution in [-0.2, 0) is 46.3 Å². The SMILES string of the molecule is CCC(C1CCC(N=[N+]=[N-])C(OC2C(N=[N+]=[N-])CC(N=[N+]=[N-])C(O)C2OC2OC(CO)C(OC3OC(CN=[N+]=[N-])C(O)C(C)C3N=[N+]=[N-])C2O)O1)N(Cc1ccccc1)C(=O)OCc1ccccc1. The van der Waals surface area contributed by atoms with Crippen molar-refractivity contribution in [1.82, 2.24) is 4.90 Å². The van der Waals surface area contributed by atoms with Gasteiger partial charge < -0.3 is 53.6 Å². The summed E-state index contributed by atoms with van der Waals surface area (Å²) in [6, 6.07) is 13.0. The van der Waals surface area contributed by atoms with Gasteiger partial charge in [-0.3, -0.25) is 4.90 Å². The van der Waals surface area contributed by atoms with Gasteiger partial charge in [0.25, 0.3) is 0 Å². The minimum absolute atomic E-state index is 0.000714. The molecule has 28 nitrogen and oxygen atoms in total. The van der Waals surface area contributed by atoms with Gasteiger partial charge in [0.05, 0.1) is 73.9 Å². The second-order valence-electron chi connectivity index (χ2n) is 16.8. The van der Waals surface area contributed by atoms with Gasteiger partial charge in [-0.2, -0.15) is 0 Å². The van der Waals surface area contributed by atoms with Gasteiger partial charge in [-0.1, -0.05) is 100 Å². The molecule has 1 saturated carbocycles. The standard InChI is InChI=1S/C41H54N16O12/c1-3-27(57(18-22-10-6-4-7-11-22)41(62)63-20-23-12-8-5-9-13-23)28-15-14-24(48-53-43)38(64-28)67-35-26(50-55-45)16-25(49-54-44)33(60)37(35)69-40-34(61)36(30(19-58)66-40)68-39-31(51-56-46)21(2)32(59)29(65-39)17-47-52-42/h4-13,21,24-40,58-61H,3,14-20H2,1-2H3. The molecule has 0 spiro atoms. The van der Waals surface area contributed by atoms with Crippen LogP contribution in [0.1, 0.15) is 50.7 Å². The van der Waals surface area contributed by atoms with E-state index in [9.17, 15) is 47.3 Å². The Hall–Kier alpha value is -6.14. The monoisotopic (exact) mass is 962 g/mol. The summed E-state index contributed by atoms with van der Waals surface area (Å²) in [5.74, 6) is -0.813. The van der Waals surface area contributed by atoms with Gasteiger partial charge in [0.1, 0.15) is 31.0 Å². The van der Waals surface area contributed by atoms with Crippen molar-refractivity contribution in [3.8, 4) is 0 Å². The molecule has 6 rings (SSSR count). The number of aliphatic hydroxyl groups excluding tert-OH is 4. The summed E-state index contributed by atoms with van der Waals surface area (Å²) in [7, 11) is 0. The first kappa shape index (κ1) is 52.2. The molecule has 3 saturated heterocycles. The number of ether oxygens (including phenoxy) is 7. The summed E-state index contributed by atoms with van der Waals surface area (Å²) in [5.41, 5.74) is 48.7. The molecule has 370 valence electrons. The summed E-state index contributed by atoms with van der Waals surface area (Å²) >= 11 is 0. The number of benzene rings is 2. The van der Waals surface area contributed by atoms with E-state index in [1.54, 1.807) is 11.8 Å². The van der Waals surface area contributed by atoms with Crippen LogP contribution in [0.3, 0.4) is 0 Å². The molecular weight excluding hydrogens is 909 g/mol. The normalized spacial score (nSPS) is 34.5. The number of aliphatic hydroxyl groups is 4. The minimum atomic E-state index is -1.81. The maximum absolute atomic E-state index is 14.0. The van der Waals surface area contributed by atoms with Crippen LogP contribution in [0, 0.1) is 5.92 Å². The van der Waals surface area contributed by atoms with E-state index < -0.39 is 123 Å². The van der Waals surface area contributed by atoms with Crippen molar-refractivity contribution in [3.05, 3.63) is 124 Å². The molecule has 4 fully saturated rings. The molecule has 18 atom stereocenters. The molecule has 69 heavy (non-hydrogen) atoms. The van der Waals surface area contributed by atoms with Gasteiger partial charge in [0.15, 0.2) is 18.9 Å². The summed E-state index contributed by atoms with van der Waals surface area (Å²) in [5, 5.41) is 63.5. The Labute approximate surface area is 394 Å². The van der Waals surface area contributed by atoms with Crippen LogP contribution >= 0.6 is 0 Å². The van der Waals surface area contributed by atoms with Crippen LogP contribution in [0.2, 0.25) is 0 Å². The summed E-state index contributed by atoms with van der Waals surface area (Å²) < 4.78 is 43.1. The Kier molecular flexibility index (Phi) is 19.3. The van der Waals surface area contributed by atoms with Crippen molar-refractivity contribution in [1.29, 1.82) is 0 Å². The van der Waals surface area contributed by atoms with Gasteiger partial charge in [0.2, 0.25) is 0 Å². The van der Waals surface area contributed by atoms with Crippen molar-refractivity contribution in [3.63, 3.8) is 0 Å². The van der Waals surface area contributed by atoms with E-state index in [1.807, 2.05) is 67.6 Å². The van der Waals surface area contributed by atoms with E-state index in [1.165, 1.54) is 0 Å². The molecule has 0 radical (unpaired) electrons. The number of amides is 1. The zero-order chi connectivity index (χ0) is 49.5. The Morgan fingerprint density at radius 2 is 1.32 bits per heavy atom. The van der Waals surface area contributed by atoms with Crippen LogP contribution in [0.25, 0.3) is 52.2 Å². The molecule has 0 bridgehead atoms. The number of carbonyl (C=O) groups excluding carboxylic acids is 1. The molecule has 2 aromatic carbocycles. The molecule has 1 amide bonds. The lowest BCUT2D eigenvalue weighted by atomic mass is 9.84. The molecule has 18 unspecified atom stereocenters. The highest BCUT2D eigenvalue weighted by Gasteiger charge is 2.54. The molecule has 0 aromatic heterocycles. The fourth-order valence-corrected chi connectivity index (χ4v) is 9.13. The quantitative estimate of drug-likeness (QED) is 0.0689. The van der Waals surface area contributed by atoms with E-state index in [4.69, 9.17) is 38.7 Å². The Morgan fingerprint density at radius 3 is 1.96 bits per heavy atom. The lowest BCUT2D eigenvalue weighted by molar-refractivity contribution is -0.291. The third-order valence-electron chi connectivity index (χ3n) is 12.7. The Morgan fingerprint density at radius 1 is 0.710 bits per heavy atom. The molecular formula is C41H54N16O12. The highest BCUT2D eigenvalue weighted by atomic mass is 16.8. The van der Waals surface area contributed by atoms with Crippen LogP contribution in [0.15, 0.2) is 86.2 Å². The second-order valence-corrected chi connectivity index (χ2v) is 16.8. The van der Waals surface area contributed by atoms with Crippen molar-refractivity contribution in [2.24, 2.45) is 31.5 Å². The first-order chi connectivity index (χ1) is 33.5. The zero-order valence-corrected chi connectivity index (χ0v) is 37.5. The molecule has 2 aromatic rings. The fourth-order valence-electron chi connectivity index (χ4n) is 9.13. The predicted octanol–water partition coefficient (Wildman–Crippen LogP) is 5.86. The number of hydrogen-bond donors (Lipinski definition) is 4. The van der Waals surface area contributed by atoms with Gasteiger partial charge in [-0.25, -0.2) is 4.79 Å². The highest BCUT2D eigenvalue weighted by Crippen LogP contribution is 2.39. The average molecular weight is 963 g/mol. The lowest BCUT2D eigenvalue weighted by Gasteiger charge is -2.46. The Bertz CT molecular complexity index is 2250. The topological polar surface area (TPSA) is 410 Å². The van der Waals surface area contributed by atoms with E-state index in [0.29, 0.717) is 6.42 Å². The average Bonchev–Trinajstić information content (AvgIpc) is 3.66. The van der Waals surface area contributed by atoms with Crippen LogP contribution in [-0.4, -0.2) is 149 Å². The molecule has 3 aliphatic heterocycles. The van der Waals surface area contributed by atoms with E-state index >= 15 is 0 Å². The predicted molar refractivity (Wildman–Crippen MR) is 237 cm³/mol. The molecule has 1 aliphatic carbocycles. The number of azide groups is 5. The maximum atomic E-state index is 14.0. The minimum Gasteiger partial charge on any atom is -0.445 e. The van der Waals surface area contributed by atoms with Crippen LogP contribution in [0.5, 0.6) is 0 Å². The number of rotatable bonds is 20. The lowest BCUT2D eigenvalue weighted by Crippen LogP contribution is -2.61. The molecule has 4 N–H and O–H groups in total. The number of carbonyl (C=O) groups is 1. The van der Waals surface area contributed by atoms with E-state index in [-0.39, 0.29) is 39.0 Å². The van der Waals surface area contributed by atoms with Crippen LogP contribution in [0.4, 0.5) is 4.79 Å². The van der Waals surface area contributed by atoms with Crippen molar-refractivity contribution in [2.45, 2.75) is 157 Å². The van der Waals surface area contributed by atoms with Gasteiger partial charge in [-0.05, 0) is 70.4 Å². The maximum Gasteiger partial charge on any atom is 0.410 e. The molecule has 4 aliphatic rings. The smallest absolute Gasteiger partial charge is 0.410 e. The van der Waals surface area contributed by atoms with Gasteiger partial charge >= 0.3 is 6.09 Å². The Balaban J connectivity index is 1.28. The summed E-state index contributed by atoms with van der Waals surface area (Å²) in [4.78, 5) is 29.9. The van der Waals surface area contributed by atoms with Gasteiger partial charge in [-0.15, -0.1) is 0 Å². The van der Waals surface area contributed by atoms with Gasteiger partial charge in [0, 0.05) is 31.1 Å². The van der Waals surface area contributed by atoms with Crippen LogP contribution < -0.4 is 0 Å². The van der Waals surface area contributed by atoms with Crippen molar-refractivity contribution < 1.29 is 58.4 Å². The number of hydrogen-bond acceptors (Lipinski definition) is 17. The first-order valence-corrected chi connectivity index (χ1v) is 22.3. The molecule has 3 heterocycles. The summed E-state index contributed by atoms with van der Waals surface area (Å²) in [6.07, 6.45) is -17.5. The second kappa shape index (κ2) is 25.5.